The van der Waals surface area contributed by atoms with Crippen molar-refractivity contribution < 1.29 is 9.18 Å². The Morgan fingerprint density at radius 1 is 1.21 bits per heavy atom. The van der Waals surface area contributed by atoms with Crippen LogP contribution in [-0.4, -0.2) is 23.0 Å². The number of nitrogens with one attached hydrogen (secondary N) is 2. The first-order valence-corrected chi connectivity index (χ1v) is 10.1. The van der Waals surface area contributed by atoms with E-state index in [-0.39, 0.29) is 22.7 Å². The third kappa shape index (κ3) is 3.41. The normalized spacial score (nSPS) is 18.2. The van der Waals surface area contributed by atoms with Gasteiger partial charge in [0.2, 0.25) is 0 Å². The lowest BCUT2D eigenvalue weighted by Gasteiger charge is -2.36. The van der Waals surface area contributed by atoms with Gasteiger partial charge in [-0.25, -0.2) is 9.18 Å². The van der Waals surface area contributed by atoms with Gasteiger partial charge in [-0.05, 0) is 74.3 Å². The molecule has 0 saturated heterocycles. The van der Waals surface area contributed by atoms with Crippen LogP contribution >= 0.6 is 11.6 Å². The summed E-state index contributed by atoms with van der Waals surface area (Å²) in [6, 6.07) is 3.74. The smallest absolute Gasteiger partial charge is 0.322 e. The van der Waals surface area contributed by atoms with Crippen molar-refractivity contribution in [2.45, 2.75) is 51.0 Å². The van der Waals surface area contributed by atoms with Crippen molar-refractivity contribution >= 4 is 23.3 Å². The first kappa shape index (κ1) is 19.0. The summed E-state index contributed by atoms with van der Waals surface area (Å²) in [4.78, 5) is 30.1. The Morgan fingerprint density at radius 3 is 2.71 bits per heavy atom. The van der Waals surface area contributed by atoms with Crippen LogP contribution in [0.4, 0.5) is 14.9 Å². The fourth-order valence-corrected chi connectivity index (χ4v) is 4.63. The van der Waals surface area contributed by atoms with E-state index in [0.717, 1.165) is 67.3 Å². The SMILES string of the molecule is CN(C(=O)Nc1ccc(F)c(Cl)c1)C1CCCc2[nH]c(=O)c3c(c21)CCCC3. The number of aromatic amines is 1. The number of pyridine rings is 1. The summed E-state index contributed by atoms with van der Waals surface area (Å²) in [7, 11) is 1.76. The van der Waals surface area contributed by atoms with Gasteiger partial charge in [-0.1, -0.05) is 11.6 Å². The molecule has 7 heteroatoms. The van der Waals surface area contributed by atoms with Crippen LogP contribution in [0.5, 0.6) is 0 Å². The van der Waals surface area contributed by atoms with E-state index < -0.39 is 5.82 Å². The molecule has 1 aromatic carbocycles. The summed E-state index contributed by atoms with van der Waals surface area (Å²) in [5, 5.41) is 2.76. The Bertz CT molecular complexity index is 988. The molecule has 2 aromatic rings. The molecular formula is C21H23ClFN3O2. The lowest BCUT2D eigenvalue weighted by molar-refractivity contribution is 0.196. The van der Waals surface area contributed by atoms with Gasteiger partial charge < -0.3 is 15.2 Å². The molecule has 0 spiro atoms. The first-order valence-electron chi connectivity index (χ1n) is 9.71. The molecular weight excluding hydrogens is 381 g/mol. The molecule has 0 bridgehead atoms. The number of carbonyl (C=O) groups is 1. The molecule has 2 aliphatic rings. The van der Waals surface area contributed by atoms with E-state index in [1.165, 1.54) is 18.2 Å². The predicted octanol–water partition coefficient (Wildman–Crippen LogP) is 4.59. The Hall–Kier alpha value is -2.34. The summed E-state index contributed by atoms with van der Waals surface area (Å²) in [6.07, 6.45) is 6.37. The van der Waals surface area contributed by atoms with Gasteiger partial charge in [-0.15, -0.1) is 0 Å². The monoisotopic (exact) mass is 403 g/mol. The number of halogens is 2. The Balaban J connectivity index is 1.64. The quantitative estimate of drug-likeness (QED) is 0.770. The summed E-state index contributed by atoms with van der Waals surface area (Å²) in [5.74, 6) is -0.523. The summed E-state index contributed by atoms with van der Waals surface area (Å²) < 4.78 is 13.4. The second-order valence-electron chi connectivity index (χ2n) is 7.59. The topological polar surface area (TPSA) is 65.2 Å². The van der Waals surface area contributed by atoms with Gasteiger partial charge in [-0.2, -0.15) is 0 Å². The van der Waals surface area contributed by atoms with Crippen molar-refractivity contribution in [2.75, 3.05) is 12.4 Å². The van der Waals surface area contributed by atoms with Crippen LogP contribution in [0.3, 0.4) is 0 Å². The van der Waals surface area contributed by atoms with Crippen molar-refractivity contribution in [1.82, 2.24) is 9.88 Å². The number of hydrogen-bond donors (Lipinski definition) is 2. The van der Waals surface area contributed by atoms with E-state index in [9.17, 15) is 14.0 Å². The molecule has 28 heavy (non-hydrogen) atoms. The Morgan fingerprint density at radius 2 is 1.96 bits per heavy atom. The number of H-pyrrole nitrogens is 1. The minimum Gasteiger partial charge on any atom is -0.326 e. The molecule has 1 aromatic heterocycles. The second-order valence-corrected chi connectivity index (χ2v) is 8.00. The van der Waals surface area contributed by atoms with E-state index in [4.69, 9.17) is 11.6 Å². The molecule has 1 heterocycles. The molecule has 5 nitrogen and oxygen atoms in total. The van der Waals surface area contributed by atoms with Gasteiger partial charge in [0.1, 0.15) is 5.82 Å². The highest BCUT2D eigenvalue weighted by Gasteiger charge is 2.32. The third-order valence-electron chi connectivity index (χ3n) is 5.85. The van der Waals surface area contributed by atoms with Gasteiger partial charge in [0.25, 0.3) is 5.56 Å². The molecule has 0 saturated carbocycles. The van der Waals surface area contributed by atoms with Crippen LogP contribution in [0.25, 0.3) is 0 Å². The fraction of sp³-hybridized carbons (Fsp3) is 0.429. The molecule has 2 aliphatic carbocycles. The highest BCUT2D eigenvalue weighted by molar-refractivity contribution is 6.31. The minimum absolute atomic E-state index is 0.0298. The molecule has 148 valence electrons. The maximum atomic E-state index is 13.4. The number of fused-ring (bicyclic) bond motifs is 3. The van der Waals surface area contributed by atoms with Gasteiger partial charge in [0.05, 0.1) is 11.1 Å². The van der Waals surface area contributed by atoms with E-state index in [2.05, 4.69) is 10.3 Å². The molecule has 0 fully saturated rings. The highest BCUT2D eigenvalue weighted by atomic mass is 35.5. The van der Waals surface area contributed by atoms with Crippen molar-refractivity contribution in [1.29, 1.82) is 0 Å². The molecule has 2 amide bonds. The largest absolute Gasteiger partial charge is 0.326 e. The number of carbonyl (C=O) groups excluding carboxylic acids is 1. The number of nitrogens with zero attached hydrogens (tertiary/aromatic N) is 1. The number of anilines is 1. The van der Waals surface area contributed by atoms with Crippen molar-refractivity contribution in [3.8, 4) is 0 Å². The molecule has 0 aliphatic heterocycles. The number of rotatable bonds is 2. The van der Waals surface area contributed by atoms with Crippen molar-refractivity contribution in [3.05, 3.63) is 61.8 Å². The summed E-state index contributed by atoms with van der Waals surface area (Å²) in [5.41, 5.74) is 4.59. The standard InChI is InChI=1S/C21H23ClFN3O2/c1-26(21(28)24-12-9-10-16(23)15(22)11-12)18-8-4-7-17-19(18)13-5-2-3-6-14(13)20(27)25-17/h9-11,18H,2-8H2,1H3,(H,24,28)(H,25,27). The van der Waals surface area contributed by atoms with Gasteiger partial charge in [-0.3, -0.25) is 4.79 Å². The molecule has 2 N–H and O–H groups in total. The number of aryl methyl sites for hydroxylation is 1. The first-order chi connectivity index (χ1) is 13.5. The van der Waals surface area contributed by atoms with Crippen LogP contribution in [0.1, 0.15) is 54.1 Å². The molecule has 1 atom stereocenters. The number of benzene rings is 1. The van der Waals surface area contributed by atoms with E-state index >= 15 is 0 Å². The molecule has 1 unspecified atom stereocenters. The Labute approximate surface area is 167 Å². The fourth-order valence-electron chi connectivity index (χ4n) is 4.45. The average molecular weight is 404 g/mol. The number of aromatic nitrogens is 1. The maximum Gasteiger partial charge on any atom is 0.322 e. The third-order valence-corrected chi connectivity index (χ3v) is 6.14. The summed E-state index contributed by atoms with van der Waals surface area (Å²) >= 11 is 5.81. The summed E-state index contributed by atoms with van der Waals surface area (Å²) in [6.45, 7) is 0. The maximum absolute atomic E-state index is 13.4. The average Bonchev–Trinajstić information content (AvgIpc) is 2.70. The van der Waals surface area contributed by atoms with Crippen molar-refractivity contribution in [2.24, 2.45) is 0 Å². The van der Waals surface area contributed by atoms with Gasteiger partial charge in [0.15, 0.2) is 0 Å². The van der Waals surface area contributed by atoms with Gasteiger partial charge >= 0.3 is 6.03 Å². The highest BCUT2D eigenvalue weighted by Crippen LogP contribution is 2.38. The zero-order valence-electron chi connectivity index (χ0n) is 15.8. The predicted molar refractivity (Wildman–Crippen MR) is 108 cm³/mol. The van der Waals surface area contributed by atoms with Crippen molar-refractivity contribution in [3.63, 3.8) is 0 Å². The number of urea groups is 1. The lowest BCUT2D eigenvalue weighted by Crippen LogP contribution is -2.38. The number of amides is 2. The molecule has 4 rings (SSSR count). The Kier molecular flexibility index (Phi) is 5.15. The lowest BCUT2D eigenvalue weighted by atomic mass is 9.81. The number of hydrogen-bond acceptors (Lipinski definition) is 2. The van der Waals surface area contributed by atoms with Crippen LogP contribution in [0.15, 0.2) is 23.0 Å². The zero-order chi connectivity index (χ0) is 19.8. The van der Waals surface area contributed by atoms with Crippen LogP contribution in [0, 0.1) is 5.82 Å². The minimum atomic E-state index is -0.523. The second kappa shape index (κ2) is 7.59. The van der Waals surface area contributed by atoms with E-state index in [0.29, 0.717) is 5.69 Å². The van der Waals surface area contributed by atoms with Crippen LogP contribution in [-0.2, 0) is 19.3 Å². The van der Waals surface area contributed by atoms with Crippen LogP contribution < -0.4 is 10.9 Å². The van der Waals surface area contributed by atoms with E-state index in [1.54, 1.807) is 11.9 Å². The zero-order valence-corrected chi connectivity index (χ0v) is 16.5. The van der Waals surface area contributed by atoms with Crippen LogP contribution in [0.2, 0.25) is 5.02 Å². The van der Waals surface area contributed by atoms with E-state index in [1.807, 2.05) is 0 Å². The van der Waals surface area contributed by atoms with Gasteiger partial charge in [0, 0.05) is 24.0 Å². The molecule has 0 radical (unpaired) electrons.